The lowest BCUT2D eigenvalue weighted by Crippen LogP contribution is -2.41. The summed E-state index contributed by atoms with van der Waals surface area (Å²) >= 11 is 6.91. The average molecular weight is 427 g/mol. The lowest BCUT2D eigenvalue weighted by Gasteiger charge is -2.30. The van der Waals surface area contributed by atoms with Crippen LogP contribution in [0.5, 0.6) is 0 Å². The summed E-state index contributed by atoms with van der Waals surface area (Å²) in [5, 5.41) is 2.93. The number of amides is 1. The van der Waals surface area contributed by atoms with E-state index in [-0.39, 0.29) is 16.0 Å². The van der Waals surface area contributed by atoms with Gasteiger partial charge in [0, 0.05) is 30.3 Å². The molecule has 27 heavy (non-hydrogen) atoms. The van der Waals surface area contributed by atoms with Gasteiger partial charge in [-0.25, -0.2) is 18.4 Å². The molecule has 1 aliphatic carbocycles. The van der Waals surface area contributed by atoms with Crippen LogP contribution in [0.25, 0.3) is 0 Å². The molecule has 0 saturated carbocycles. The normalized spacial score (nSPS) is 18.4. The van der Waals surface area contributed by atoms with E-state index in [2.05, 4.69) is 15.3 Å². The fourth-order valence-electron chi connectivity index (χ4n) is 3.61. The van der Waals surface area contributed by atoms with E-state index in [4.69, 9.17) is 11.6 Å². The van der Waals surface area contributed by atoms with Gasteiger partial charge in [-0.15, -0.1) is 11.3 Å². The van der Waals surface area contributed by atoms with E-state index in [9.17, 15) is 13.2 Å². The third-order valence-electron chi connectivity index (χ3n) is 5.08. The van der Waals surface area contributed by atoms with Crippen molar-refractivity contribution >= 4 is 44.7 Å². The van der Waals surface area contributed by atoms with Crippen molar-refractivity contribution < 1.29 is 13.2 Å². The van der Waals surface area contributed by atoms with Gasteiger partial charge in [-0.05, 0) is 44.2 Å². The number of carbonyl (C=O) groups excluding carboxylic acids is 1. The van der Waals surface area contributed by atoms with E-state index >= 15 is 0 Å². The summed E-state index contributed by atoms with van der Waals surface area (Å²) in [6, 6.07) is 3.11. The standard InChI is InChI=1S/C17H19ClN4O3S2/c18-14-4-5-15(26-14)27(24,25)22-8-6-11(7-9-22)17(23)21-16-12-2-1-3-13(12)19-10-20-16/h4-5,10-11H,1-3,6-9H2,(H,19,20,21,23). The highest BCUT2D eigenvalue weighted by atomic mass is 35.5. The van der Waals surface area contributed by atoms with Crippen LogP contribution in [0.1, 0.15) is 30.5 Å². The monoisotopic (exact) mass is 426 g/mol. The number of thiophene rings is 1. The van der Waals surface area contributed by atoms with E-state index in [0.29, 0.717) is 36.1 Å². The number of piperidine rings is 1. The molecule has 1 fully saturated rings. The molecule has 2 aliphatic rings. The number of rotatable bonds is 4. The third kappa shape index (κ3) is 3.73. The minimum Gasteiger partial charge on any atom is -0.310 e. The zero-order chi connectivity index (χ0) is 19.0. The number of halogens is 1. The number of aryl methyl sites for hydroxylation is 1. The lowest BCUT2D eigenvalue weighted by atomic mass is 9.97. The molecule has 10 heteroatoms. The fraction of sp³-hybridized carbons (Fsp3) is 0.471. The Bertz CT molecular complexity index is 968. The van der Waals surface area contributed by atoms with Crippen molar-refractivity contribution in [2.24, 2.45) is 5.92 Å². The second-order valence-electron chi connectivity index (χ2n) is 6.73. The molecule has 4 rings (SSSR count). The maximum Gasteiger partial charge on any atom is 0.252 e. The first-order valence-corrected chi connectivity index (χ1v) is 11.5. The quantitative estimate of drug-likeness (QED) is 0.811. The molecule has 0 spiro atoms. The number of fused-ring (bicyclic) bond motifs is 1. The van der Waals surface area contributed by atoms with E-state index in [1.54, 1.807) is 6.07 Å². The highest BCUT2D eigenvalue weighted by Crippen LogP contribution is 2.31. The van der Waals surface area contributed by atoms with E-state index in [0.717, 1.165) is 41.9 Å². The Kier molecular flexibility index (Phi) is 5.19. The average Bonchev–Trinajstić information content (AvgIpc) is 3.31. The zero-order valence-electron chi connectivity index (χ0n) is 14.5. The van der Waals surface area contributed by atoms with Gasteiger partial charge in [-0.3, -0.25) is 4.79 Å². The molecule has 1 aliphatic heterocycles. The highest BCUT2D eigenvalue weighted by molar-refractivity contribution is 7.91. The van der Waals surface area contributed by atoms with Gasteiger partial charge >= 0.3 is 0 Å². The van der Waals surface area contributed by atoms with Crippen LogP contribution in [-0.4, -0.2) is 41.7 Å². The van der Waals surface area contributed by atoms with Gasteiger partial charge in [0.05, 0.1) is 4.34 Å². The number of hydrogen-bond acceptors (Lipinski definition) is 6. The number of carbonyl (C=O) groups is 1. The van der Waals surface area contributed by atoms with Crippen LogP contribution < -0.4 is 5.32 Å². The van der Waals surface area contributed by atoms with Gasteiger partial charge in [0.1, 0.15) is 16.4 Å². The first kappa shape index (κ1) is 18.8. The Morgan fingerprint density at radius 2 is 2.00 bits per heavy atom. The van der Waals surface area contributed by atoms with Crippen molar-refractivity contribution in [2.45, 2.75) is 36.3 Å². The van der Waals surface area contributed by atoms with Crippen molar-refractivity contribution in [3.8, 4) is 0 Å². The minimum absolute atomic E-state index is 0.0981. The number of nitrogens with zero attached hydrogens (tertiary/aromatic N) is 3. The van der Waals surface area contributed by atoms with Crippen molar-refractivity contribution in [3.05, 3.63) is 34.1 Å². The SMILES string of the molecule is O=C(Nc1ncnc2c1CCC2)C1CCN(S(=O)(=O)c2ccc(Cl)s2)CC1. The molecule has 0 aromatic carbocycles. The second kappa shape index (κ2) is 7.46. The number of aromatic nitrogens is 2. The van der Waals surface area contributed by atoms with Crippen LogP contribution >= 0.6 is 22.9 Å². The summed E-state index contributed by atoms with van der Waals surface area (Å²) in [6.45, 7) is 0.635. The number of sulfonamides is 1. The highest BCUT2D eigenvalue weighted by Gasteiger charge is 2.33. The van der Waals surface area contributed by atoms with Crippen molar-refractivity contribution in [1.82, 2.24) is 14.3 Å². The van der Waals surface area contributed by atoms with Crippen LogP contribution in [0.2, 0.25) is 4.34 Å². The molecule has 3 heterocycles. The first-order chi connectivity index (χ1) is 12.9. The largest absolute Gasteiger partial charge is 0.310 e. The fourth-order valence-corrected chi connectivity index (χ4v) is 6.71. The summed E-state index contributed by atoms with van der Waals surface area (Å²) in [6.07, 6.45) is 5.28. The number of nitrogens with one attached hydrogen (secondary N) is 1. The summed E-state index contributed by atoms with van der Waals surface area (Å²) in [4.78, 5) is 21.1. The smallest absolute Gasteiger partial charge is 0.252 e. The first-order valence-electron chi connectivity index (χ1n) is 8.84. The van der Waals surface area contributed by atoms with E-state index in [1.165, 1.54) is 16.7 Å². The minimum atomic E-state index is -3.54. The number of anilines is 1. The topological polar surface area (TPSA) is 92.3 Å². The molecular weight excluding hydrogens is 408 g/mol. The maximum absolute atomic E-state index is 12.7. The van der Waals surface area contributed by atoms with E-state index in [1.807, 2.05) is 0 Å². The molecule has 2 aromatic rings. The molecule has 7 nitrogen and oxygen atoms in total. The van der Waals surface area contributed by atoms with Crippen molar-refractivity contribution in [1.29, 1.82) is 0 Å². The van der Waals surface area contributed by atoms with Gasteiger partial charge in [0.2, 0.25) is 5.91 Å². The van der Waals surface area contributed by atoms with Crippen LogP contribution in [-0.2, 0) is 27.7 Å². The molecule has 0 atom stereocenters. The van der Waals surface area contributed by atoms with Gasteiger partial charge in [0.25, 0.3) is 10.0 Å². The molecule has 0 bridgehead atoms. The van der Waals surface area contributed by atoms with Crippen LogP contribution in [0, 0.1) is 5.92 Å². The second-order valence-corrected chi connectivity index (χ2v) is 10.6. The Hall–Kier alpha value is -1.55. The van der Waals surface area contributed by atoms with Crippen LogP contribution in [0.15, 0.2) is 22.7 Å². The predicted octanol–water partition coefficient (Wildman–Crippen LogP) is 2.72. The molecular formula is C17H19ClN4O3S2. The van der Waals surface area contributed by atoms with E-state index < -0.39 is 10.0 Å². The summed E-state index contributed by atoms with van der Waals surface area (Å²) in [7, 11) is -3.54. The molecule has 2 aromatic heterocycles. The Morgan fingerprint density at radius 3 is 2.70 bits per heavy atom. The maximum atomic E-state index is 12.7. The van der Waals surface area contributed by atoms with Gasteiger partial charge < -0.3 is 5.32 Å². The summed E-state index contributed by atoms with van der Waals surface area (Å²) in [5.41, 5.74) is 2.04. The van der Waals surface area contributed by atoms with Crippen molar-refractivity contribution in [2.75, 3.05) is 18.4 Å². The van der Waals surface area contributed by atoms with Crippen LogP contribution in [0.4, 0.5) is 5.82 Å². The predicted molar refractivity (Wildman–Crippen MR) is 103 cm³/mol. The molecule has 1 amide bonds. The van der Waals surface area contributed by atoms with Gasteiger partial charge in [-0.1, -0.05) is 11.6 Å². The third-order valence-corrected chi connectivity index (χ3v) is 8.68. The Balaban J connectivity index is 1.39. The zero-order valence-corrected chi connectivity index (χ0v) is 16.9. The van der Waals surface area contributed by atoms with Crippen LogP contribution in [0.3, 0.4) is 0 Å². The molecule has 0 radical (unpaired) electrons. The molecule has 0 unspecified atom stereocenters. The molecule has 1 N–H and O–H groups in total. The Labute approximate surface area is 166 Å². The van der Waals surface area contributed by atoms with Gasteiger partial charge in [0.15, 0.2) is 0 Å². The summed E-state index contributed by atoms with van der Waals surface area (Å²) < 4.78 is 27.4. The summed E-state index contributed by atoms with van der Waals surface area (Å²) in [5.74, 6) is 0.278. The number of hydrogen-bond donors (Lipinski definition) is 1. The van der Waals surface area contributed by atoms with Crippen molar-refractivity contribution in [3.63, 3.8) is 0 Å². The molecule has 1 saturated heterocycles. The van der Waals surface area contributed by atoms with Gasteiger partial charge in [-0.2, -0.15) is 4.31 Å². The lowest BCUT2D eigenvalue weighted by molar-refractivity contribution is -0.120. The Morgan fingerprint density at radius 1 is 1.22 bits per heavy atom. The molecule has 144 valence electrons.